The molecule has 1 fully saturated rings. The first-order valence-electron chi connectivity index (χ1n) is 9.60. The van der Waals surface area contributed by atoms with E-state index in [4.69, 9.17) is 4.74 Å². The van der Waals surface area contributed by atoms with Crippen molar-refractivity contribution in [2.45, 2.75) is 53.4 Å². The molecule has 0 unspecified atom stereocenters. The average molecular weight is 360 g/mol. The molecule has 0 spiro atoms. The minimum atomic E-state index is -0.461. The highest BCUT2D eigenvalue weighted by Crippen LogP contribution is 2.39. The lowest BCUT2D eigenvalue weighted by Crippen LogP contribution is -2.31. The molecule has 5 nitrogen and oxygen atoms in total. The second kappa shape index (κ2) is 8.65. The van der Waals surface area contributed by atoms with E-state index in [-0.39, 0.29) is 22.7 Å². The molecule has 1 saturated carbocycles. The van der Waals surface area contributed by atoms with E-state index in [1.807, 2.05) is 0 Å². The third-order valence-corrected chi connectivity index (χ3v) is 5.20. The van der Waals surface area contributed by atoms with Crippen LogP contribution < -0.4 is 0 Å². The molecule has 144 valence electrons. The topological polar surface area (TPSA) is 59.5 Å². The molecule has 0 radical (unpaired) electrons. The molecular weight excluding hydrogens is 328 g/mol. The van der Waals surface area contributed by atoms with E-state index in [9.17, 15) is 9.59 Å². The Hall–Kier alpha value is -1.91. The maximum Gasteiger partial charge on any atom is 0.356 e. The number of nitrogens with zero attached hydrogens (tertiary/aromatic N) is 2. The summed E-state index contributed by atoms with van der Waals surface area (Å²) in [6.07, 6.45) is 4.93. The summed E-state index contributed by atoms with van der Waals surface area (Å²) in [5, 5.41) is 0. The Morgan fingerprint density at radius 2 is 1.85 bits per heavy atom. The van der Waals surface area contributed by atoms with Gasteiger partial charge in [-0.2, -0.15) is 0 Å². The van der Waals surface area contributed by atoms with Crippen molar-refractivity contribution >= 4 is 11.9 Å². The molecule has 0 bridgehead atoms. The van der Waals surface area contributed by atoms with Crippen LogP contribution in [-0.4, -0.2) is 42.0 Å². The average Bonchev–Trinajstić information content (AvgIpc) is 3.14. The van der Waals surface area contributed by atoms with Crippen LogP contribution in [-0.2, 0) is 4.74 Å². The highest BCUT2D eigenvalue weighted by atomic mass is 16.5. The van der Waals surface area contributed by atoms with Crippen LogP contribution in [0.5, 0.6) is 0 Å². The van der Waals surface area contributed by atoms with Crippen LogP contribution in [0.2, 0.25) is 0 Å². The van der Waals surface area contributed by atoms with Crippen molar-refractivity contribution in [3.8, 4) is 0 Å². The maximum absolute atomic E-state index is 12.5. The van der Waals surface area contributed by atoms with E-state index in [0.717, 1.165) is 0 Å². The van der Waals surface area contributed by atoms with E-state index in [0.29, 0.717) is 25.0 Å². The van der Waals surface area contributed by atoms with Crippen LogP contribution in [0.25, 0.3) is 0 Å². The maximum atomic E-state index is 12.5. The van der Waals surface area contributed by atoms with Crippen LogP contribution in [0.4, 0.5) is 0 Å². The zero-order valence-corrected chi connectivity index (χ0v) is 16.7. The Balaban J connectivity index is 2.00. The summed E-state index contributed by atoms with van der Waals surface area (Å²) in [6.45, 7) is 9.44. The molecule has 26 heavy (non-hydrogen) atoms. The molecule has 1 aliphatic carbocycles. The van der Waals surface area contributed by atoms with Gasteiger partial charge in [0.25, 0.3) is 5.91 Å². The Bertz CT molecular complexity index is 634. The van der Waals surface area contributed by atoms with Gasteiger partial charge in [0.2, 0.25) is 0 Å². The summed E-state index contributed by atoms with van der Waals surface area (Å²) < 4.78 is 5.54. The number of hydrogen-bond acceptors (Lipinski definition) is 4. The summed E-state index contributed by atoms with van der Waals surface area (Å²) in [7, 11) is 1.75. The van der Waals surface area contributed by atoms with Crippen LogP contribution in [0.1, 0.15) is 74.4 Å². The highest BCUT2D eigenvalue weighted by molar-refractivity contribution is 5.94. The highest BCUT2D eigenvalue weighted by Gasteiger charge is 2.33. The van der Waals surface area contributed by atoms with Crippen molar-refractivity contribution in [2.75, 3.05) is 20.2 Å². The molecule has 1 aliphatic rings. The van der Waals surface area contributed by atoms with Gasteiger partial charge in [-0.3, -0.25) is 4.79 Å². The molecule has 0 aromatic carbocycles. The summed E-state index contributed by atoms with van der Waals surface area (Å²) in [5.74, 6) is 0.327. The van der Waals surface area contributed by atoms with Crippen LogP contribution >= 0.6 is 0 Å². The van der Waals surface area contributed by atoms with Gasteiger partial charge in [-0.15, -0.1) is 0 Å². The van der Waals surface area contributed by atoms with Crippen LogP contribution in [0.15, 0.2) is 18.2 Å². The number of ether oxygens (including phenoxy) is 1. The lowest BCUT2D eigenvalue weighted by atomic mass is 9.78. The van der Waals surface area contributed by atoms with E-state index >= 15 is 0 Å². The predicted octanol–water partition coefficient (Wildman–Crippen LogP) is 4.18. The molecular formula is C21H32N2O3. The third-order valence-electron chi connectivity index (χ3n) is 5.20. The lowest BCUT2D eigenvalue weighted by Gasteiger charge is -2.30. The Labute approximate surface area is 157 Å². The molecule has 1 aromatic heterocycles. The van der Waals surface area contributed by atoms with Gasteiger partial charge in [0.15, 0.2) is 0 Å². The smallest absolute Gasteiger partial charge is 0.356 e. The van der Waals surface area contributed by atoms with E-state index < -0.39 is 5.97 Å². The molecule has 5 heteroatoms. The van der Waals surface area contributed by atoms with Crippen molar-refractivity contribution in [1.82, 2.24) is 9.88 Å². The fourth-order valence-electron chi connectivity index (χ4n) is 3.64. The van der Waals surface area contributed by atoms with Crippen molar-refractivity contribution in [3.63, 3.8) is 0 Å². The first kappa shape index (κ1) is 20.4. The third kappa shape index (κ3) is 5.29. The van der Waals surface area contributed by atoms with Crippen molar-refractivity contribution < 1.29 is 14.3 Å². The normalized spacial score (nSPS) is 15.3. The predicted molar refractivity (Wildman–Crippen MR) is 102 cm³/mol. The van der Waals surface area contributed by atoms with Gasteiger partial charge in [-0.05, 0) is 36.8 Å². The van der Waals surface area contributed by atoms with Gasteiger partial charge >= 0.3 is 5.97 Å². The molecule has 0 aliphatic heterocycles. The quantitative estimate of drug-likeness (QED) is 0.684. The number of esters is 1. The molecule has 0 atom stereocenters. The largest absolute Gasteiger partial charge is 0.460 e. The number of aromatic nitrogens is 1. The lowest BCUT2D eigenvalue weighted by molar-refractivity contribution is 0.0216. The Morgan fingerprint density at radius 3 is 2.46 bits per heavy atom. The fraction of sp³-hybridized carbons (Fsp3) is 0.667. The molecule has 2 rings (SSSR count). The molecule has 0 saturated heterocycles. The minimum absolute atomic E-state index is 0.0307. The summed E-state index contributed by atoms with van der Waals surface area (Å²) in [5.41, 5.74) is 0.436. The number of hydrogen-bond donors (Lipinski definition) is 0. The van der Waals surface area contributed by atoms with Crippen LogP contribution in [0, 0.1) is 17.3 Å². The molecule has 1 heterocycles. The van der Waals surface area contributed by atoms with Gasteiger partial charge < -0.3 is 9.64 Å². The first-order chi connectivity index (χ1) is 12.2. The number of rotatable bonds is 7. The molecule has 1 aromatic rings. The van der Waals surface area contributed by atoms with Gasteiger partial charge in [-0.25, -0.2) is 9.78 Å². The standard InChI is InChI=1S/C21H32N2O3/c1-15(2)13-23(5)19(24)17-11-8-12-18(22-17)20(25)26-14-21(3,4)16-9-6-7-10-16/h8,11-12,15-16H,6-7,9-10,13-14H2,1-5H3. The number of amides is 1. The molecule has 0 N–H and O–H groups in total. The Morgan fingerprint density at radius 1 is 1.23 bits per heavy atom. The van der Waals surface area contributed by atoms with E-state index in [2.05, 4.69) is 32.7 Å². The summed E-state index contributed by atoms with van der Waals surface area (Å²) in [4.78, 5) is 30.7. The monoisotopic (exact) mass is 360 g/mol. The van der Waals surface area contributed by atoms with Gasteiger partial charge in [0.1, 0.15) is 11.4 Å². The van der Waals surface area contributed by atoms with Crippen molar-refractivity contribution in [2.24, 2.45) is 17.3 Å². The van der Waals surface area contributed by atoms with Crippen LogP contribution in [0.3, 0.4) is 0 Å². The fourth-order valence-corrected chi connectivity index (χ4v) is 3.64. The molecule has 1 amide bonds. The number of pyridine rings is 1. The number of carbonyl (C=O) groups excluding carboxylic acids is 2. The van der Waals surface area contributed by atoms with Gasteiger partial charge in [0.05, 0.1) is 6.61 Å². The second-order valence-electron chi connectivity index (χ2n) is 8.53. The SMILES string of the molecule is CC(C)CN(C)C(=O)c1cccc(C(=O)OCC(C)(C)C2CCCC2)n1. The first-order valence-corrected chi connectivity index (χ1v) is 9.60. The Kier molecular flexibility index (Phi) is 6.79. The number of carbonyl (C=O) groups is 2. The zero-order valence-electron chi connectivity index (χ0n) is 16.7. The van der Waals surface area contributed by atoms with E-state index in [1.165, 1.54) is 25.7 Å². The second-order valence-corrected chi connectivity index (χ2v) is 8.53. The van der Waals surface area contributed by atoms with Crippen molar-refractivity contribution in [3.05, 3.63) is 29.6 Å². The minimum Gasteiger partial charge on any atom is -0.460 e. The summed E-state index contributed by atoms with van der Waals surface area (Å²) >= 11 is 0. The van der Waals surface area contributed by atoms with Gasteiger partial charge in [-0.1, -0.05) is 46.6 Å². The van der Waals surface area contributed by atoms with Crippen molar-refractivity contribution in [1.29, 1.82) is 0 Å². The zero-order chi connectivity index (χ0) is 19.3. The van der Waals surface area contributed by atoms with E-state index in [1.54, 1.807) is 30.1 Å². The summed E-state index contributed by atoms with van der Waals surface area (Å²) in [6, 6.07) is 4.92. The van der Waals surface area contributed by atoms with Gasteiger partial charge in [0, 0.05) is 19.0 Å².